The van der Waals surface area contributed by atoms with Crippen molar-refractivity contribution in [1.82, 2.24) is 10.3 Å². The van der Waals surface area contributed by atoms with Gasteiger partial charge < -0.3 is 24.4 Å². The fourth-order valence-corrected chi connectivity index (χ4v) is 4.06. The van der Waals surface area contributed by atoms with Crippen molar-refractivity contribution in [3.8, 4) is 11.5 Å². The molecule has 1 aliphatic heterocycles. The van der Waals surface area contributed by atoms with Crippen LogP contribution in [0.5, 0.6) is 11.5 Å². The molecule has 0 aliphatic carbocycles. The quantitative estimate of drug-likeness (QED) is 0.608. The molecule has 2 heterocycles. The van der Waals surface area contributed by atoms with E-state index >= 15 is 0 Å². The summed E-state index contributed by atoms with van der Waals surface area (Å²) in [5.74, 6) is 2.59. The third kappa shape index (κ3) is 5.58. The molecule has 0 spiro atoms. The van der Waals surface area contributed by atoms with Gasteiger partial charge in [-0.1, -0.05) is 13.8 Å². The molecule has 1 aromatic carbocycles. The van der Waals surface area contributed by atoms with E-state index in [2.05, 4.69) is 30.1 Å². The number of carbonyl (C=O) groups is 1. The minimum absolute atomic E-state index is 0.112. The Kier molecular flexibility index (Phi) is 7.96. The van der Waals surface area contributed by atoms with Crippen LogP contribution in [0.3, 0.4) is 0 Å². The topological polar surface area (TPSA) is 72.9 Å². The van der Waals surface area contributed by atoms with E-state index in [1.165, 1.54) is 0 Å². The molecular formula is C24H35N3O4. The van der Waals surface area contributed by atoms with Crippen LogP contribution in [0.25, 0.3) is 10.9 Å². The molecule has 2 aromatic rings. The first-order valence-electron chi connectivity index (χ1n) is 11.1. The summed E-state index contributed by atoms with van der Waals surface area (Å²) in [6.07, 6.45) is 1.79. The zero-order valence-electron chi connectivity index (χ0n) is 19.4. The number of benzene rings is 1. The van der Waals surface area contributed by atoms with E-state index in [1.807, 2.05) is 19.1 Å². The molecule has 1 unspecified atom stereocenters. The zero-order chi connectivity index (χ0) is 22.4. The summed E-state index contributed by atoms with van der Waals surface area (Å²) in [5.41, 5.74) is 1.96. The van der Waals surface area contributed by atoms with Crippen molar-refractivity contribution in [3.05, 3.63) is 23.8 Å². The number of nitrogens with zero attached hydrogens (tertiary/aromatic N) is 2. The van der Waals surface area contributed by atoms with Crippen molar-refractivity contribution < 1.29 is 19.0 Å². The van der Waals surface area contributed by atoms with Crippen LogP contribution < -0.4 is 19.7 Å². The first-order chi connectivity index (χ1) is 15.0. The number of methoxy groups -OCH3 is 2. The van der Waals surface area contributed by atoms with Gasteiger partial charge in [0, 0.05) is 36.7 Å². The number of hydrogen-bond acceptors (Lipinski definition) is 7. The Morgan fingerprint density at radius 3 is 2.65 bits per heavy atom. The molecule has 31 heavy (non-hydrogen) atoms. The SMILES string of the molecule is CCOC(=O)C1CCCN(c2nc3cc(OC)c(OC)cc3cc2CNCC(C)C)C1. The van der Waals surface area contributed by atoms with E-state index in [0.717, 1.165) is 48.2 Å². The summed E-state index contributed by atoms with van der Waals surface area (Å²) in [6, 6.07) is 6.05. The van der Waals surface area contributed by atoms with Crippen molar-refractivity contribution in [1.29, 1.82) is 0 Å². The first kappa shape index (κ1) is 23.1. The lowest BCUT2D eigenvalue weighted by Gasteiger charge is -2.34. The average Bonchev–Trinajstić information content (AvgIpc) is 2.77. The molecular weight excluding hydrogens is 394 g/mol. The molecule has 170 valence electrons. The highest BCUT2D eigenvalue weighted by molar-refractivity contribution is 5.85. The molecule has 1 atom stereocenters. The van der Waals surface area contributed by atoms with Crippen molar-refractivity contribution in [3.63, 3.8) is 0 Å². The lowest BCUT2D eigenvalue weighted by Crippen LogP contribution is -2.40. The number of ether oxygens (including phenoxy) is 3. The predicted molar refractivity (Wildman–Crippen MR) is 123 cm³/mol. The number of hydrogen-bond donors (Lipinski definition) is 1. The Labute approximate surface area is 185 Å². The van der Waals surface area contributed by atoms with Crippen LogP contribution in [-0.2, 0) is 16.1 Å². The highest BCUT2D eigenvalue weighted by Gasteiger charge is 2.29. The van der Waals surface area contributed by atoms with Gasteiger partial charge in [0.05, 0.1) is 32.3 Å². The van der Waals surface area contributed by atoms with Crippen LogP contribution in [0.15, 0.2) is 18.2 Å². The maximum atomic E-state index is 12.4. The molecule has 3 rings (SSSR count). The second-order valence-corrected chi connectivity index (χ2v) is 8.43. The Morgan fingerprint density at radius 1 is 1.23 bits per heavy atom. The lowest BCUT2D eigenvalue weighted by atomic mass is 9.97. The first-order valence-corrected chi connectivity index (χ1v) is 11.1. The minimum Gasteiger partial charge on any atom is -0.493 e. The van der Waals surface area contributed by atoms with Crippen LogP contribution in [0.2, 0.25) is 0 Å². The molecule has 1 N–H and O–H groups in total. The van der Waals surface area contributed by atoms with Gasteiger partial charge in [-0.25, -0.2) is 4.98 Å². The summed E-state index contributed by atoms with van der Waals surface area (Å²) in [5, 5.41) is 4.54. The van der Waals surface area contributed by atoms with Gasteiger partial charge in [0.2, 0.25) is 0 Å². The van der Waals surface area contributed by atoms with E-state index in [-0.39, 0.29) is 11.9 Å². The number of esters is 1. The standard InChI is InChI=1S/C24H35N3O4/c1-6-31-24(28)17-8-7-9-27(15-17)23-19(14-25-13-16(2)3)10-18-11-21(29-4)22(30-5)12-20(18)26-23/h10-12,16-17,25H,6-9,13-15H2,1-5H3. The molecule has 7 nitrogen and oxygen atoms in total. The average molecular weight is 430 g/mol. The van der Waals surface area contributed by atoms with Gasteiger partial charge in [0.25, 0.3) is 0 Å². The smallest absolute Gasteiger partial charge is 0.310 e. The minimum atomic E-state index is -0.118. The summed E-state index contributed by atoms with van der Waals surface area (Å²) in [7, 11) is 3.27. The van der Waals surface area contributed by atoms with Crippen molar-refractivity contribution >= 4 is 22.7 Å². The lowest BCUT2D eigenvalue weighted by molar-refractivity contribution is -0.148. The molecule has 1 aliphatic rings. The van der Waals surface area contributed by atoms with E-state index in [4.69, 9.17) is 19.2 Å². The van der Waals surface area contributed by atoms with Gasteiger partial charge in [-0.05, 0) is 44.4 Å². The van der Waals surface area contributed by atoms with Gasteiger partial charge in [0.15, 0.2) is 11.5 Å². The third-order valence-electron chi connectivity index (χ3n) is 5.59. The fraction of sp³-hybridized carbons (Fsp3) is 0.583. The number of carbonyl (C=O) groups excluding carboxylic acids is 1. The van der Waals surface area contributed by atoms with Gasteiger partial charge >= 0.3 is 5.97 Å². The van der Waals surface area contributed by atoms with Crippen molar-refractivity contribution in [2.24, 2.45) is 11.8 Å². The Hall–Kier alpha value is -2.54. The second kappa shape index (κ2) is 10.7. The summed E-state index contributed by atoms with van der Waals surface area (Å²) in [6.45, 7) is 9.79. The monoisotopic (exact) mass is 429 g/mol. The molecule has 1 aromatic heterocycles. The van der Waals surface area contributed by atoms with Crippen LogP contribution in [0.4, 0.5) is 5.82 Å². The predicted octanol–water partition coefficient (Wildman–Crippen LogP) is 3.78. The Morgan fingerprint density at radius 2 is 1.97 bits per heavy atom. The van der Waals surface area contributed by atoms with Crippen molar-refractivity contribution in [2.75, 3.05) is 45.4 Å². The second-order valence-electron chi connectivity index (χ2n) is 8.43. The fourth-order valence-electron chi connectivity index (χ4n) is 4.06. The summed E-state index contributed by atoms with van der Waals surface area (Å²) >= 11 is 0. The Bertz CT molecular complexity index is 900. The van der Waals surface area contributed by atoms with Crippen molar-refractivity contribution in [2.45, 2.75) is 40.2 Å². The van der Waals surface area contributed by atoms with Gasteiger partial charge in [0.1, 0.15) is 5.82 Å². The number of aromatic nitrogens is 1. The van der Waals surface area contributed by atoms with Crippen LogP contribution in [-0.4, -0.2) is 51.4 Å². The molecule has 0 bridgehead atoms. The zero-order valence-corrected chi connectivity index (χ0v) is 19.4. The van der Waals surface area contributed by atoms with Gasteiger partial charge in [-0.2, -0.15) is 0 Å². The summed E-state index contributed by atoms with van der Waals surface area (Å²) in [4.78, 5) is 19.6. The van der Waals surface area contributed by atoms with Crippen LogP contribution >= 0.6 is 0 Å². The molecule has 7 heteroatoms. The molecule has 0 saturated carbocycles. The Balaban J connectivity index is 1.98. The number of rotatable bonds is 9. The molecule has 1 saturated heterocycles. The maximum absolute atomic E-state index is 12.4. The number of fused-ring (bicyclic) bond motifs is 1. The number of anilines is 1. The number of nitrogens with one attached hydrogen (secondary N) is 1. The van der Waals surface area contributed by atoms with Crippen LogP contribution in [0.1, 0.15) is 39.2 Å². The molecule has 0 amide bonds. The third-order valence-corrected chi connectivity index (χ3v) is 5.59. The highest BCUT2D eigenvalue weighted by atomic mass is 16.5. The van der Waals surface area contributed by atoms with Gasteiger partial charge in [-0.15, -0.1) is 0 Å². The van der Waals surface area contributed by atoms with E-state index in [1.54, 1.807) is 14.2 Å². The maximum Gasteiger partial charge on any atom is 0.310 e. The largest absolute Gasteiger partial charge is 0.493 e. The van der Waals surface area contributed by atoms with Crippen LogP contribution in [0, 0.1) is 11.8 Å². The molecule has 1 fully saturated rings. The number of pyridine rings is 1. The highest BCUT2D eigenvalue weighted by Crippen LogP contribution is 2.35. The van der Waals surface area contributed by atoms with E-state index in [9.17, 15) is 4.79 Å². The normalized spacial score (nSPS) is 16.6. The van der Waals surface area contributed by atoms with Gasteiger partial charge in [-0.3, -0.25) is 4.79 Å². The molecule has 0 radical (unpaired) electrons. The van der Waals surface area contributed by atoms with E-state index < -0.39 is 0 Å². The summed E-state index contributed by atoms with van der Waals surface area (Å²) < 4.78 is 16.2. The van der Waals surface area contributed by atoms with E-state index in [0.29, 0.717) is 37.1 Å². The number of piperidine rings is 1.